The number of fused-ring (bicyclic) bond motifs is 3. The van der Waals surface area contributed by atoms with Gasteiger partial charge in [-0.15, -0.1) is 11.3 Å². The van der Waals surface area contributed by atoms with E-state index >= 15 is 0 Å². The van der Waals surface area contributed by atoms with Crippen molar-refractivity contribution >= 4 is 33.2 Å². The number of amides is 2. The fraction of sp³-hybridized carbons (Fsp3) is 0.474. The first-order valence-electron chi connectivity index (χ1n) is 9.02. The number of nitrogens with one attached hydrogen (secondary N) is 1. The van der Waals surface area contributed by atoms with Crippen molar-refractivity contribution in [1.82, 2.24) is 15.1 Å². The van der Waals surface area contributed by atoms with Crippen LogP contribution in [0.1, 0.15) is 24.1 Å². The topological polar surface area (TPSA) is 52.7 Å². The van der Waals surface area contributed by atoms with Gasteiger partial charge in [-0.05, 0) is 36.8 Å². The Morgan fingerprint density at radius 3 is 2.84 bits per heavy atom. The average Bonchev–Trinajstić information content (AvgIpc) is 3.34. The second-order valence-electron chi connectivity index (χ2n) is 7.26. The van der Waals surface area contributed by atoms with Gasteiger partial charge in [0.1, 0.15) is 12.1 Å². The van der Waals surface area contributed by atoms with E-state index in [0.29, 0.717) is 6.54 Å². The highest BCUT2D eigenvalue weighted by Crippen LogP contribution is 2.32. The van der Waals surface area contributed by atoms with Crippen LogP contribution in [0.5, 0.6) is 0 Å². The highest BCUT2D eigenvalue weighted by molar-refractivity contribution is 7.19. The Kier molecular flexibility index (Phi) is 3.57. The molecule has 2 amide bonds. The van der Waals surface area contributed by atoms with Crippen LogP contribution in [0.4, 0.5) is 0 Å². The quantitative estimate of drug-likeness (QED) is 0.916. The molecule has 3 aliphatic heterocycles. The highest BCUT2D eigenvalue weighted by atomic mass is 32.1. The van der Waals surface area contributed by atoms with Crippen LogP contribution in [0.15, 0.2) is 30.3 Å². The number of thiophene rings is 1. The molecule has 25 heavy (non-hydrogen) atoms. The van der Waals surface area contributed by atoms with Gasteiger partial charge >= 0.3 is 0 Å². The highest BCUT2D eigenvalue weighted by Gasteiger charge is 2.51. The molecule has 3 saturated heterocycles. The molecule has 0 saturated carbocycles. The Bertz CT molecular complexity index is 785. The Labute approximate surface area is 150 Å². The van der Waals surface area contributed by atoms with Gasteiger partial charge in [-0.2, -0.15) is 0 Å². The number of hydrogen-bond acceptors (Lipinski definition) is 4. The van der Waals surface area contributed by atoms with Crippen molar-refractivity contribution in [3.8, 4) is 0 Å². The Morgan fingerprint density at radius 1 is 1.12 bits per heavy atom. The molecule has 3 atom stereocenters. The van der Waals surface area contributed by atoms with Gasteiger partial charge in [0, 0.05) is 35.3 Å². The third-order valence-electron chi connectivity index (χ3n) is 5.73. The first kappa shape index (κ1) is 15.3. The largest absolute Gasteiger partial charge is 0.329 e. The van der Waals surface area contributed by atoms with Crippen LogP contribution >= 0.6 is 11.3 Å². The number of carbonyl (C=O) groups excluding carboxylic acids is 2. The summed E-state index contributed by atoms with van der Waals surface area (Å²) in [6.07, 6.45) is 2.52. The van der Waals surface area contributed by atoms with Crippen LogP contribution in [-0.4, -0.2) is 52.8 Å². The molecule has 5 nitrogen and oxygen atoms in total. The molecule has 6 heteroatoms. The second kappa shape index (κ2) is 5.81. The van der Waals surface area contributed by atoms with Gasteiger partial charge in [0.25, 0.3) is 0 Å². The van der Waals surface area contributed by atoms with Crippen LogP contribution in [0.2, 0.25) is 0 Å². The summed E-state index contributed by atoms with van der Waals surface area (Å²) in [6.45, 7) is 2.20. The van der Waals surface area contributed by atoms with E-state index in [4.69, 9.17) is 0 Å². The average molecular weight is 355 g/mol. The number of benzene rings is 1. The van der Waals surface area contributed by atoms with Crippen molar-refractivity contribution in [2.75, 3.05) is 13.1 Å². The Balaban J connectivity index is 1.27. The Morgan fingerprint density at radius 2 is 1.96 bits per heavy atom. The van der Waals surface area contributed by atoms with Crippen molar-refractivity contribution in [3.05, 3.63) is 35.2 Å². The smallest absolute Gasteiger partial charge is 0.246 e. The molecule has 0 spiro atoms. The summed E-state index contributed by atoms with van der Waals surface area (Å²) < 4.78 is 1.30. The van der Waals surface area contributed by atoms with Crippen molar-refractivity contribution < 1.29 is 9.59 Å². The molecule has 2 aromatic rings. The lowest BCUT2D eigenvalue weighted by atomic mass is 10.1. The third-order valence-corrected chi connectivity index (χ3v) is 6.85. The zero-order valence-corrected chi connectivity index (χ0v) is 14.8. The van der Waals surface area contributed by atoms with Crippen LogP contribution in [0.3, 0.4) is 0 Å². The first-order valence-corrected chi connectivity index (χ1v) is 9.84. The SMILES string of the molecule is O=C1[C@@H]2C[C@H](NCc3cc4ccccc4s3)CN2C(=O)[C@H]2CCCN12. The zero-order chi connectivity index (χ0) is 17.0. The summed E-state index contributed by atoms with van der Waals surface area (Å²) in [5, 5.41) is 4.84. The maximum absolute atomic E-state index is 12.7. The molecule has 0 bridgehead atoms. The summed E-state index contributed by atoms with van der Waals surface area (Å²) in [5.74, 6) is 0.321. The first-order chi connectivity index (χ1) is 12.2. The van der Waals surface area contributed by atoms with Crippen LogP contribution in [0.25, 0.3) is 10.1 Å². The second-order valence-corrected chi connectivity index (χ2v) is 8.43. The molecule has 130 valence electrons. The number of nitrogens with zero attached hydrogens (tertiary/aromatic N) is 2. The summed E-state index contributed by atoms with van der Waals surface area (Å²) in [6, 6.07) is 10.4. The molecule has 5 rings (SSSR count). The molecule has 0 radical (unpaired) electrons. The van der Waals surface area contributed by atoms with Crippen molar-refractivity contribution in [2.45, 2.75) is 43.9 Å². The van der Waals surface area contributed by atoms with Crippen LogP contribution < -0.4 is 5.32 Å². The molecule has 3 aliphatic rings. The lowest BCUT2D eigenvalue weighted by molar-refractivity contribution is -0.156. The predicted molar refractivity (Wildman–Crippen MR) is 97.3 cm³/mol. The van der Waals surface area contributed by atoms with Crippen molar-refractivity contribution in [2.24, 2.45) is 0 Å². The van der Waals surface area contributed by atoms with Crippen molar-refractivity contribution in [3.63, 3.8) is 0 Å². The van der Waals surface area contributed by atoms with E-state index in [1.54, 1.807) is 11.3 Å². The van der Waals surface area contributed by atoms with E-state index in [1.165, 1.54) is 15.0 Å². The lowest BCUT2D eigenvalue weighted by Crippen LogP contribution is -2.60. The summed E-state index contributed by atoms with van der Waals surface area (Å²) >= 11 is 1.80. The minimum Gasteiger partial charge on any atom is -0.329 e. The molecule has 0 aliphatic carbocycles. The minimum absolute atomic E-state index is 0.160. The van der Waals surface area contributed by atoms with Crippen LogP contribution in [0, 0.1) is 0 Å². The van der Waals surface area contributed by atoms with Crippen LogP contribution in [-0.2, 0) is 16.1 Å². The lowest BCUT2D eigenvalue weighted by Gasteiger charge is -2.38. The third kappa shape index (κ3) is 2.47. The van der Waals surface area contributed by atoms with E-state index in [2.05, 4.69) is 35.6 Å². The minimum atomic E-state index is -0.248. The molecule has 1 aromatic heterocycles. The van der Waals surface area contributed by atoms with Crippen molar-refractivity contribution in [1.29, 1.82) is 0 Å². The maximum Gasteiger partial charge on any atom is 0.246 e. The number of hydrogen-bond donors (Lipinski definition) is 1. The van der Waals surface area contributed by atoms with E-state index < -0.39 is 0 Å². The van der Waals surface area contributed by atoms with Gasteiger partial charge in [-0.3, -0.25) is 9.59 Å². The molecule has 1 N–H and O–H groups in total. The molecular weight excluding hydrogens is 334 g/mol. The molecular formula is C19H21N3O2S. The number of piperazine rings is 1. The van der Waals surface area contributed by atoms with Gasteiger partial charge in [0.15, 0.2) is 0 Å². The molecule has 3 fully saturated rings. The fourth-order valence-corrected chi connectivity index (χ4v) is 5.52. The number of carbonyl (C=O) groups is 2. The van der Waals surface area contributed by atoms with E-state index in [9.17, 15) is 9.59 Å². The summed E-state index contributed by atoms with van der Waals surface area (Å²) in [4.78, 5) is 30.3. The maximum atomic E-state index is 12.7. The number of rotatable bonds is 3. The van der Waals surface area contributed by atoms with E-state index in [1.807, 2.05) is 9.80 Å². The Hall–Kier alpha value is -1.92. The van der Waals surface area contributed by atoms with E-state index in [-0.39, 0.29) is 29.9 Å². The summed E-state index contributed by atoms with van der Waals surface area (Å²) in [7, 11) is 0. The van der Waals surface area contributed by atoms with Gasteiger partial charge in [0.05, 0.1) is 0 Å². The van der Waals surface area contributed by atoms with Gasteiger partial charge in [0.2, 0.25) is 11.8 Å². The normalized spacial score (nSPS) is 28.7. The molecule has 0 unspecified atom stereocenters. The standard InChI is InChI=1S/C19H21N3O2S/c23-18-15-5-3-7-21(15)19(24)16-9-13(11-22(16)18)20-10-14-8-12-4-1-2-6-17(12)25-14/h1-2,4,6,8,13,15-16,20H,3,5,7,9-11H2/t13-,15+,16-/m0/s1. The zero-order valence-electron chi connectivity index (χ0n) is 14.0. The van der Waals surface area contributed by atoms with Gasteiger partial charge in [-0.25, -0.2) is 0 Å². The van der Waals surface area contributed by atoms with Gasteiger partial charge in [-0.1, -0.05) is 18.2 Å². The van der Waals surface area contributed by atoms with E-state index in [0.717, 1.165) is 32.4 Å². The predicted octanol–water partition coefficient (Wildman–Crippen LogP) is 1.96. The fourth-order valence-electron chi connectivity index (χ4n) is 4.50. The summed E-state index contributed by atoms with van der Waals surface area (Å²) in [5.41, 5.74) is 0. The molecule has 1 aromatic carbocycles. The monoisotopic (exact) mass is 355 g/mol. The van der Waals surface area contributed by atoms with Gasteiger partial charge < -0.3 is 15.1 Å². The molecule has 4 heterocycles.